The third kappa shape index (κ3) is 1.30. The van der Waals surface area contributed by atoms with E-state index in [1.165, 1.54) is 6.20 Å². The summed E-state index contributed by atoms with van der Waals surface area (Å²) in [6.45, 7) is 0. The van der Waals surface area contributed by atoms with Gasteiger partial charge in [0.2, 0.25) is 5.91 Å². The maximum Gasteiger partial charge on any atom is 0.492 e. The number of nitrogens with one attached hydrogen (secondary N) is 1. The first-order valence-corrected chi connectivity index (χ1v) is 3.81. The van der Waals surface area contributed by atoms with Crippen LogP contribution in [0.3, 0.4) is 0 Å². The van der Waals surface area contributed by atoms with Crippen molar-refractivity contribution in [2.24, 2.45) is 0 Å². The lowest BCUT2D eigenvalue weighted by Gasteiger charge is -2.04. The summed E-state index contributed by atoms with van der Waals surface area (Å²) in [6.07, 6.45) is 3.12. The molecule has 13 heavy (non-hydrogen) atoms. The van der Waals surface area contributed by atoms with Gasteiger partial charge < -0.3 is 15.4 Å². The molecule has 0 radical (unpaired) electrons. The smallest absolute Gasteiger partial charge is 0.423 e. The zero-order chi connectivity index (χ0) is 9.42. The molecule has 1 aliphatic heterocycles. The fourth-order valence-corrected chi connectivity index (χ4v) is 1.36. The summed E-state index contributed by atoms with van der Waals surface area (Å²) in [5.41, 5.74) is 1.42. The van der Waals surface area contributed by atoms with Gasteiger partial charge in [-0.05, 0) is 0 Å². The highest BCUT2D eigenvalue weighted by molar-refractivity contribution is 6.61. The Hall–Kier alpha value is -1.40. The van der Waals surface area contributed by atoms with Crippen molar-refractivity contribution >= 4 is 24.2 Å². The molecule has 2 heterocycles. The van der Waals surface area contributed by atoms with Gasteiger partial charge in [0.15, 0.2) is 0 Å². The normalized spacial score (nSPS) is 13.8. The van der Waals surface area contributed by atoms with E-state index in [0.717, 1.165) is 0 Å². The average Bonchev–Trinajstić information content (AvgIpc) is 2.43. The number of carbonyl (C=O) groups excluding carboxylic acids is 1. The third-order valence-corrected chi connectivity index (χ3v) is 1.95. The van der Waals surface area contributed by atoms with E-state index in [9.17, 15) is 4.79 Å². The summed E-state index contributed by atoms with van der Waals surface area (Å²) in [4.78, 5) is 14.8. The number of amides is 1. The second-order valence-electron chi connectivity index (χ2n) is 2.86. The number of hydrogen-bond acceptors (Lipinski definition) is 4. The van der Waals surface area contributed by atoms with E-state index in [1.54, 1.807) is 6.20 Å². The zero-order valence-corrected chi connectivity index (χ0v) is 6.69. The van der Waals surface area contributed by atoms with Gasteiger partial charge in [0, 0.05) is 29.1 Å². The van der Waals surface area contributed by atoms with Gasteiger partial charge in [0.05, 0.1) is 6.42 Å². The van der Waals surface area contributed by atoms with Gasteiger partial charge in [-0.3, -0.25) is 9.78 Å². The Balaban J connectivity index is 2.51. The summed E-state index contributed by atoms with van der Waals surface area (Å²) in [7, 11) is -1.60. The number of fused-ring (bicyclic) bond motifs is 1. The largest absolute Gasteiger partial charge is 0.492 e. The molecule has 3 N–H and O–H groups in total. The van der Waals surface area contributed by atoms with Crippen molar-refractivity contribution in [1.29, 1.82) is 0 Å². The molecule has 0 saturated heterocycles. The van der Waals surface area contributed by atoms with Gasteiger partial charge in [-0.25, -0.2) is 0 Å². The molecule has 1 aromatic heterocycles. The topological polar surface area (TPSA) is 82.5 Å². The minimum absolute atomic E-state index is 0.148. The SMILES string of the molecule is O=C1Cc2cncc(B(O)O)c2N1. The van der Waals surface area contributed by atoms with Crippen LogP contribution in [-0.2, 0) is 11.2 Å². The Morgan fingerprint density at radius 1 is 1.46 bits per heavy atom. The zero-order valence-electron chi connectivity index (χ0n) is 6.69. The molecule has 1 aromatic rings. The third-order valence-electron chi connectivity index (χ3n) is 1.95. The van der Waals surface area contributed by atoms with Crippen molar-refractivity contribution in [2.45, 2.75) is 6.42 Å². The van der Waals surface area contributed by atoms with Crippen LogP contribution in [0, 0.1) is 0 Å². The molecular formula is C7H7BN2O3. The molecule has 0 atom stereocenters. The number of anilines is 1. The highest BCUT2D eigenvalue weighted by Crippen LogP contribution is 2.18. The molecule has 2 rings (SSSR count). The summed E-state index contributed by atoms with van der Waals surface area (Å²) < 4.78 is 0. The summed E-state index contributed by atoms with van der Waals surface area (Å²) in [6, 6.07) is 0. The van der Waals surface area contributed by atoms with E-state index < -0.39 is 7.12 Å². The predicted octanol–water partition coefficient (Wildman–Crippen LogP) is -1.74. The maximum atomic E-state index is 11.0. The van der Waals surface area contributed by atoms with Gasteiger partial charge in [0.1, 0.15) is 0 Å². The highest BCUT2D eigenvalue weighted by Gasteiger charge is 2.25. The Kier molecular flexibility index (Phi) is 1.79. The fourth-order valence-electron chi connectivity index (χ4n) is 1.36. The molecule has 1 aliphatic rings. The molecule has 0 aliphatic carbocycles. The fraction of sp³-hybridized carbons (Fsp3) is 0.143. The Morgan fingerprint density at radius 3 is 2.92 bits per heavy atom. The molecular weight excluding hydrogens is 171 g/mol. The van der Waals surface area contributed by atoms with Gasteiger partial charge in [0.25, 0.3) is 0 Å². The molecule has 0 fully saturated rings. The summed E-state index contributed by atoms with van der Waals surface area (Å²) in [5.74, 6) is -0.148. The monoisotopic (exact) mass is 178 g/mol. The second-order valence-corrected chi connectivity index (χ2v) is 2.86. The lowest BCUT2D eigenvalue weighted by molar-refractivity contribution is -0.115. The number of pyridine rings is 1. The van der Waals surface area contributed by atoms with Crippen LogP contribution < -0.4 is 10.8 Å². The number of rotatable bonds is 1. The first-order valence-electron chi connectivity index (χ1n) is 3.81. The Morgan fingerprint density at radius 2 is 2.23 bits per heavy atom. The highest BCUT2D eigenvalue weighted by atomic mass is 16.4. The number of carbonyl (C=O) groups is 1. The molecule has 1 amide bonds. The molecule has 0 unspecified atom stereocenters. The van der Waals surface area contributed by atoms with Crippen LogP contribution in [0.4, 0.5) is 5.69 Å². The lowest BCUT2D eigenvalue weighted by Crippen LogP contribution is -2.32. The van der Waals surface area contributed by atoms with E-state index in [0.29, 0.717) is 11.3 Å². The van der Waals surface area contributed by atoms with Crippen LogP contribution in [0.25, 0.3) is 0 Å². The summed E-state index contributed by atoms with van der Waals surface area (Å²) >= 11 is 0. The minimum Gasteiger partial charge on any atom is -0.423 e. The number of aromatic nitrogens is 1. The van der Waals surface area contributed by atoms with Crippen molar-refractivity contribution in [3.8, 4) is 0 Å². The van der Waals surface area contributed by atoms with E-state index in [-0.39, 0.29) is 17.8 Å². The molecule has 0 spiro atoms. The van der Waals surface area contributed by atoms with E-state index in [4.69, 9.17) is 10.0 Å². The average molecular weight is 178 g/mol. The number of hydrogen-bond donors (Lipinski definition) is 3. The Bertz CT molecular complexity index is 367. The first kappa shape index (κ1) is 8.21. The van der Waals surface area contributed by atoms with Gasteiger partial charge in [-0.15, -0.1) is 0 Å². The van der Waals surface area contributed by atoms with Crippen molar-refractivity contribution < 1.29 is 14.8 Å². The van der Waals surface area contributed by atoms with Crippen molar-refractivity contribution in [1.82, 2.24) is 4.98 Å². The predicted molar refractivity (Wildman–Crippen MR) is 46.4 cm³/mol. The van der Waals surface area contributed by atoms with Crippen LogP contribution in [0.2, 0.25) is 0 Å². The van der Waals surface area contributed by atoms with E-state index in [2.05, 4.69) is 10.3 Å². The molecule has 66 valence electrons. The second kappa shape index (κ2) is 2.83. The van der Waals surface area contributed by atoms with Crippen LogP contribution in [0.1, 0.15) is 5.56 Å². The standard InChI is InChI=1S/C7H7BN2O3/c11-6-1-4-2-9-3-5(8(12)13)7(4)10-6/h2-3,12-13H,1H2,(H,10,11). The summed E-state index contributed by atoms with van der Waals surface area (Å²) in [5, 5.41) is 20.4. The minimum atomic E-state index is -1.60. The molecule has 0 saturated carbocycles. The van der Waals surface area contributed by atoms with E-state index >= 15 is 0 Å². The van der Waals surface area contributed by atoms with Crippen molar-refractivity contribution in [2.75, 3.05) is 5.32 Å². The van der Waals surface area contributed by atoms with Crippen LogP contribution >= 0.6 is 0 Å². The van der Waals surface area contributed by atoms with Gasteiger partial charge >= 0.3 is 7.12 Å². The van der Waals surface area contributed by atoms with Crippen LogP contribution in [0.5, 0.6) is 0 Å². The molecule has 5 nitrogen and oxygen atoms in total. The molecule has 0 aromatic carbocycles. The van der Waals surface area contributed by atoms with E-state index in [1.807, 2.05) is 0 Å². The van der Waals surface area contributed by atoms with Gasteiger partial charge in [-0.2, -0.15) is 0 Å². The van der Waals surface area contributed by atoms with Crippen molar-refractivity contribution in [3.63, 3.8) is 0 Å². The van der Waals surface area contributed by atoms with Crippen LogP contribution in [0.15, 0.2) is 12.4 Å². The maximum absolute atomic E-state index is 11.0. The van der Waals surface area contributed by atoms with Crippen molar-refractivity contribution in [3.05, 3.63) is 18.0 Å². The quantitative estimate of drug-likeness (QED) is 0.445. The molecule has 6 heteroatoms. The van der Waals surface area contributed by atoms with Crippen LogP contribution in [-0.4, -0.2) is 28.1 Å². The molecule has 0 bridgehead atoms. The van der Waals surface area contributed by atoms with Gasteiger partial charge in [-0.1, -0.05) is 0 Å². The Labute approximate surface area is 74.6 Å². The first-order chi connectivity index (χ1) is 6.18. The number of nitrogens with zero attached hydrogens (tertiary/aromatic N) is 1. The lowest BCUT2D eigenvalue weighted by atomic mass is 9.79.